The second-order valence-electron chi connectivity index (χ2n) is 8.99. The van der Waals surface area contributed by atoms with Gasteiger partial charge >= 0.3 is 5.97 Å². The Labute approximate surface area is 190 Å². The fourth-order valence-corrected chi connectivity index (χ4v) is 4.95. The summed E-state index contributed by atoms with van der Waals surface area (Å²) in [5.41, 5.74) is -1.75. The first kappa shape index (κ1) is 25.2. The van der Waals surface area contributed by atoms with E-state index in [-0.39, 0.29) is 22.6 Å². The zero-order valence-corrected chi connectivity index (χ0v) is 18.7. The van der Waals surface area contributed by atoms with E-state index in [4.69, 9.17) is 0 Å². The summed E-state index contributed by atoms with van der Waals surface area (Å²) in [6.45, 7) is 2.17. The molecule has 180 valence electrons. The zero-order chi connectivity index (χ0) is 24.1. The molecular formula is C26H29F5O2. The second-order valence-corrected chi connectivity index (χ2v) is 8.99. The van der Waals surface area contributed by atoms with Gasteiger partial charge in [0.05, 0.1) is 0 Å². The normalized spacial score (nSPS) is 18.5. The highest BCUT2D eigenvalue weighted by atomic mass is 19.2. The lowest BCUT2D eigenvalue weighted by Crippen LogP contribution is -2.16. The van der Waals surface area contributed by atoms with Crippen LogP contribution in [0.25, 0.3) is 11.1 Å². The van der Waals surface area contributed by atoms with Gasteiger partial charge in [-0.25, -0.2) is 26.7 Å². The third kappa shape index (κ3) is 5.74. The Kier molecular flexibility index (Phi) is 8.49. The molecule has 0 bridgehead atoms. The van der Waals surface area contributed by atoms with Gasteiger partial charge in [0, 0.05) is 5.56 Å². The van der Waals surface area contributed by atoms with Crippen LogP contribution in [0.3, 0.4) is 0 Å². The molecule has 0 aliphatic heterocycles. The molecule has 0 atom stereocenters. The lowest BCUT2D eigenvalue weighted by atomic mass is 9.75. The first-order valence-electron chi connectivity index (χ1n) is 11.6. The Bertz CT molecular complexity index is 974. The van der Waals surface area contributed by atoms with E-state index in [0.717, 1.165) is 31.7 Å². The van der Waals surface area contributed by atoms with Crippen molar-refractivity contribution in [2.24, 2.45) is 5.92 Å². The van der Waals surface area contributed by atoms with Gasteiger partial charge < -0.3 is 5.11 Å². The molecule has 2 nitrogen and oxygen atoms in total. The first-order chi connectivity index (χ1) is 15.7. The van der Waals surface area contributed by atoms with Gasteiger partial charge in [-0.15, -0.1) is 0 Å². The van der Waals surface area contributed by atoms with Crippen molar-refractivity contribution in [1.82, 2.24) is 0 Å². The zero-order valence-electron chi connectivity index (χ0n) is 18.7. The average Bonchev–Trinajstić information content (AvgIpc) is 2.77. The van der Waals surface area contributed by atoms with E-state index in [1.54, 1.807) is 0 Å². The van der Waals surface area contributed by atoms with Crippen molar-refractivity contribution in [3.63, 3.8) is 0 Å². The van der Waals surface area contributed by atoms with Crippen molar-refractivity contribution >= 4 is 5.97 Å². The maximum Gasteiger partial charge on any atom is 0.341 e. The number of benzene rings is 2. The van der Waals surface area contributed by atoms with Crippen LogP contribution in [0.5, 0.6) is 0 Å². The highest BCUT2D eigenvalue weighted by Gasteiger charge is 2.31. The summed E-state index contributed by atoms with van der Waals surface area (Å²) in [6.07, 6.45) is 10.0. The third-order valence-electron chi connectivity index (χ3n) is 6.74. The first-order valence-corrected chi connectivity index (χ1v) is 11.6. The van der Waals surface area contributed by atoms with E-state index in [0.29, 0.717) is 30.9 Å². The summed E-state index contributed by atoms with van der Waals surface area (Å²) >= 11 is 0. The molecule has 2 aromatic carbocycles. The monoisotopic (exact) mass is 468 g/mol. The molecule has 2 aromatic rings. The van der Waals surface area contributed by atoms with Gasteiger partial charge in [-0.1, -0.05) is 45.4 Å². The molecule has 7 heteroatoms. The fourth-order valence-electron chi connectivity index (χ4n) is 4.95. The molecule has 0 aromatic heterocycles. The molecule has 0 amide bonds. The van der Waals surface area contributed by atoms with Gasteiger partial charge in [0.25, 0.3) is 0 Å². The molecule has 1 saturated carbocycles. The summed E-state index contributed by atoms with van der Waals surface area (Å²) in [5, 5.41) is 9.26. The van der Waals surface area contributed by atoms with E-state index < -0.39 is 40.6 Å². The lowest BCUT2D eigenvalue weighted by molar-refractivity contribution is 0.0686. The molecule has 0 saturated heterocycles. The molecule has 0 heterocycles. The third-order valence-corrected chi connectivity index (χ3v) is 6.74. The topological polar surface area (TPSA) is 37.3 Å². The molecule has 0 spiro atoms. The predicted octanol–water partition coefficient (Wildman–Crippen LogP) is 8.38. The number of hydrogen-bond donors (Lipinski definition) is 1. The van der Waals surface area contributed by atoms with Crippen molar-refractivity contribution in [3.05, 3.63) is 58.4 Å². The van der Waals surface area contributed by atoms with E-state index in [9.17, 15) is 27.5 Å². The van der Waals surface area contributed by atoms with Crippen LogP contribution in [0.2, 0.25) is 0 Å². The van der Waals surface area contributed by atoms with Gasteiger partial charge in [-0.05, 0) is 66.8 Å². The van der Waals surface area contributed by atoms with Gasteiger partial charge in [0.15, 0.2) is 17.5 Å². The van der Waals surface area contributed by atoms with Gasteiger partial charge in [0.2, 0.25) is 0 Å². The standard InChI is InChI=1S/C26H29F5O2/c1-2-3-4-5-6-7-15-8-10-16(11-9-15)18-14-19(27)23(26(32)33)25(31)22(18)17-12-20(28)24(30)21(29)13-17/h12-16H,2-11H2,1H3,(H,32,33). The summed E-state index contributed by atoms with van der Waals surface area (Å²) in [7, 11) is 0. The number of halogens is 5. The number of carbonyl (C=O) groups is 1. The van der Waals surface area contributed by atoms with Crippen LogP contribution in [-0.4, -0.2) is 11.1 Å². The summed E-state index contributed by atoms with van der Waals surface area (Å²) in [6, 6.07) is 2.19. The van der Waals surface area contributed by atoms with Crippen LogP contribution in [-0.2, 0) is 0 Å². The highest BCUT2D eigenvalue weighted by Crippen LogP contribution is 2.43. The number of rotatable bonds is 9. The summed E-state index contributed by atoms with van der Waals surface area (Å²) < 4.78 is 71.0. The maximum atomic E-state index is 15.2. The van der Waals surface area contributed by atoms with Crippen LogP contribution in [0.1, 0.15) is 93.0 Å². The van der Waals surface area contributed by atoms with E-state index >= 15 is 4.39 Å². The summed E-state index contributed by atoms with van der Waals surface area (Å²) in [4.78, 5) is 11.4. The number of unbranched alkanes of at least 4 members (excludes halogenated alkanes) is 4. The largest absolute Gasteiger partial charge is 0.477 e. The fraction of sp³-hybridized carbons (Fsp3) is 0.500. The van der Waals surface area contributed by atoms with Crippen LogP contribution < -0.4 is 0 Å². The van der Waals surface area contributed by atoms with E-state index in [1.165, 1.54) is 25.7 Å². The number of carboxylic acid groups (broad SMARTS) is 1. The maximum absolute atomic E-state index is 15.2. The van der Waals surface area contributed by atoms with Crippen molar-refractivity contribution in [1.29, 1.82) is 0 Å². The van der Waals surface area contributed by atoms with Crippen molar-refractivity contribution in [2.75, 3.05) is 0 Å². The smallest absolute Gasteiger partial charge is 0.341 e. The molecule has 0 radical (unpaired) electrons. The highest BCUT2D eigenvalue weighted by molar-refractivity contribution is 5.91. The minimum absolute atomic E-state index is 0.168. The molecule has 1 fully saturated rings. The number of carboxylic acids is 1. The summed E-state index contributed by atoms with van der Waals surface area (Å²) in [5.74, 6) is -9.00. The minimum atomic E-state index is -1.83. The van der Waals surface area contributed by atoms with E-state index in [2.05, 4.69) is 6.92 Å². The van der Waals surface area contributed by atoms with Gasteiger partial charge in [0.1, 0.15) is 17.2 Å². The van der Waals surface area contributed by atoms with Gasteiger partial charge in [-0.2, -0.15) is 0 Å². The van der Waals surface area contributed by atoms with Crippen molar-refractivity contribution in [3.8, 4) is 11.1 Å². The van der Waals surface area contributed by atoms with Crippen LogP contribution in [0.15, 0.2) is 18.2 Å². The van der Waals surface area contributed by atoms with Crippen molar-refractivity contribution in [2.45, 2.75) is 77.0 Å². The molecular weight excluding hydrogens is 439 g/mol. The number of hydrogen-bond acceptors (Lipinski definition) is 1. The van der Waals surface area contributed by atoms with E-state index in [1.807, 2.05) is 0 Å². The predicted molar refractivity (Wildman–Crippen MR) is 117 cm³/mol. The van der Waals surface area contributed by atoms with Crippen molar-refractivity contribution < 1.29 is 31.9 Å². The second kappa shape index (κ2) is 11.1. The molecule has 1 aliphatic carbocycles. The number of aromatic carboxylic acids is 1. The van der Waals surface area contributed by atoms with Crippen LogP contribution in [0.4, 0.5) is 22.0 Å². The molecule has 1 aliphatic rings. The van der Waals surface area contributed by atoms with Crippen LogP contribution in [0, 0.1) is 35.0 Å². The molecule has 3 rings (SSSR count). The van der Waals surface area contributed by atoms with Gasteiger partial charge in [-0.3, -0.25) is 0 Å². The SMILES string of the molecule is CCCCCCCC1CCC(c2cc(F)c(C(=O)O)c(F)c2-c2cc(F)c(F)c(F)c2)CC1. The molecule has 0 unspecified atom stereocenters. The Balaban J connectivity index is 1.89. The Morgan fingerprint density at radius 3 is 2.03 bits per heavy atom. The Morgan fingerprint density at radius 2 is 1.45 bits per heavy atom. The minimum Gasteiger partial charge on any atom is -0.477 e. The quantitative estimate of drug-likeness (QED) is 0.228. The lowest BCUT2D eigenvalue weighted by Gasteiger charge is -2.30. The molecule has 33 heavy (non-hydrogen) atoms. The molecule has 1 N–H and O–H groups in total. The van der Waals surface area contributed by atoms with Crippen LogP contribution >= 0.6 is 0 Å². The Hall–Kier alpha value is -2.44. The Morgan fingerprint density at radius 1 is 0.848 bits per heavy atom. The average molecular weight is 469 g/mol.